The van der Waals surface area contributed by atoms with E-state index in [1.165, 1.54) is 31.4 Å². The van der Waals surface area contributed by atoms with Crippen molar-refractivity contribution in [2.24, 2.45) is 0 Å². The molecule has 0 aliphatic carbocycles. The van der Waals surface area contributed by atoms with Crippen molar-refractivity contribution in [2.45, 2.75) is 45.1 Å². The summed E-state index contributed by atoms with van der Waals surface area (Å²) in [5.74, 6) is -1.19. The van der Waals surface area contributed by atoms with Crippen LogP contribution in [0, 0.1) is 0 Å². The molecule has 5 nitrogen and oxygen atoms in total. The fraction of sp³-hybridized carbons (Fsp3) is 0.417. The predicted molar refractivity (Wildman–Crippen MR) is 117 cm³/mol. The van der Waals surface area contributed by atoms with Gasteiger partial charge in [-0.05, 0) is 49.4 Å². The Balaban J connectivity index is 1.42. The number of anilines is 1. The Morgan fingerprint density at radius 2 is 1.55 bits per heavy atom. The molecule has 29 heavy (non-hydrogen) atoms. The quantitative estimate of drug-likeness (QED) is 0.737. The summed E-state index contributed by atoms with van der Waals surface area (Å²) < 4.78 is 0. The molecule has 0 radical (unpaired) electrons. The summed E-state index contributed by atoms with van der Waals surface area (Å²) in [6.45, 7) is 4.57. The van der Waals surface area contributed by atoms with Crippen LogP contribution in [0.25, 0.3) is 0 Å². The van der Waals surface area contributed by atoms with Crippen LogP contribution in [0.5, 0.6) is 0 Å². The maximum atomic E-state index is 12.1. The molecule has 0 saturated carbocycles. The first kappa shape index (κ1) is 20.9. The van der Waals surface area contributed by atoms with Crippen molar-refractivity contribution in [1.82, 2.24) is 10.6 Å². The second-order valence-corrected chi connectivity index (χ2v) is 7.68. The van der Waals surface area contributed by atoms with Crippen LogP contribution in [0.3, 0.4) is 0 Å². The molecule has 2 amide bonds. The minimum Gasteiger partial charge on any atom is -0.372 e. The molecule has 2 N–H and O–H groups in total. The van der Waals surface area contributed by atoms with Gasteiger partial charge >= 0.3 is 11.8 Å². The second kappa shape index (κ2) is 10.6. The SMILES string of the molecule is CC(NC(=O)C(=O)NCCc1ccc(N2CCCCCC2)cc1)c1ccccc1. The molecule has 3 rings (SSSR count). The fourth-order valence-corrected chi connectivity index (χ4v) is 3.69. The first-order chi connectivity index (χ1) is 14.1. The molecule has 2 aromatic carbocycles. The number of benzene rings is 2. The number of rotatable bonds is 6. The van der Waals surface area contributed by atoms with E-state index in [1.807, 2.05) is 37.3 Å². The molecule has 154 valence electrons. The third kappa shape index (κ3) is 6.34. The Morgan fingerprint density at radius 3 is 2.21 bits per heavy atom. The lowest BCUT2D eigenvalue weighted by Crippen LogP contribution is -2.41. The minimum absolute atomic E-state index is 0.207. The van der Waals surface area contributed by atoms with Gasteiger partial charge in [0.15, 0.2) is 0 Å². The van der Waals surface area contributed by atoms with E-state index >= 15 is 0 Å². The fourth-order valence-electron chi connectivity index (χ4n) is 3.69. The average Bonchev–Trinajstić information content (AvgIpc) is 3.04. The topological polar surface area (TPSA) is 61.4 Å². The van der Waals surface area contributed by atoms with E-state index < -0.39 is 11.8 Å². The lowest BCUT2D eigenvalue weighted by atomic mass is 10.1. The van der Waals surface area contributed by atoms with Crippen LogP contribution in [0.1, 0.15) is 49.8 Å². The molecule has 0 spiro atoms. The third-order valence-corrected chi connectivity index (χ3v) is 5.46. The zero-order valence-electron chi connectivity index (χ0n) is 17.2. The van der Waals surface area contributed by atoms with Crippen LogP contribution < -0.4 is 15.5 Å². The highest BCUT2D eigenvalue weighted by molar-refractivity contribution is 6.35. The van der Waals surface area contributed by atoms with Crippen molar-refractivity contribution in [3.63, 3.8) is 0 Å². The summed E-state index contributed by atoms with van der Waals surface area (Å²) in [4.78, 5) is 26.6. The predicted octanol–water partition coefficient (Wildman–Crippen LogP) is 3.60. The highest BCUT2D eigenvalue weighted by Gasteiger charge is 2.16. The van der Waals surface area contributed by atoms with Gasteiger partial charge in [0.25, 0.3) is 0 Å². The molecule has 1 heterocycles. The molecule has 5 heteroatoms. The van der Waals surface area contributed by atoms with Gasteiger partial charge in [-0.15, -0.1) is 0 Å². The third-order valence-electron chi connectivity index (χ3n) is 5.46. The summed E-state index contributed by atoms with van der Waals surface area (Å²) >= 11 is 0. The molecule has 1 saturated heterocycles. The van der Waals surface area contributed by atoms with E-state index in [9.17, 15) is 9.59 Å². The van der Waals surface area contributed by atoms with Gasteiger partial charge in [0.2, 0.25) is 0 Å². The highest BCUT2D eigenvalue weighted by atomic mass is 16.2. The van der Waals surface area contributed by atoms with Crippen LogP contribution in [0.4, 0.5) is 5.69 Å². The number of amides is 2. The standard InChI is InChI=1S/C24H31N3O2/c1-19(21-9-5-4-6-10-21)26-24(29)23(28)25-16-15-20-11-13-22(14-12-20)27-17-7-2-3-8-18-27/h4-6,9-14,19H,2-3,7-8,15-18H2,1H3,(H,25,28)(H,26,29). The first-order valence-corrected chi connectivity index (χ1v) is 10.6. The summed E-state index contributed by atoms with van der Waals surface area (Å²) in [5, 5.41) is 5.45. The molecule has 0 bridgehead atoms. The van der Waals surface area contributed by atoms with E-state index in [0.717, 1.165) is 24.2 Å². The molecule has 0 aromatic heterocycles. The summed E-state index contributed by atoms with van der Waals surface area (Å²) in [6, 6.07) is 18.0. The van der Waals surface area contributed by atoms with E-state index in [1.54, 1.807) is 0 Å². The molecule has 1 fully saturated rings. The van der Waals surface area contributed by atoms with Crippen LogP contribution in [0.15, 0.2) is 54.6 Å². The van der Waals surface area contributed by atoms with Crippen LogP contribution in [0.2, 0.25) is 0 Å². The Morgan fingerprint density at radius 1 is 0.897 bits per heavy atom. The maximum Gasteiger partial charge on any atom is 0.309 e. The normalized spacial score (nSPS) is 15.3. The second-order valence-electron chi connectivity index (χ2n) is 7.68. The van der Waals surface area contributed by atoms with E-state index in [-0.39, 0.29) is 6.04 Å². The maximum absolute atomic E-state index is 12.1. The number of hydrogen-bond acceptors (Lipinski definition) is 3. The summed E-state index contributed by atoms with van der Waals surface area (Å²) in [5.41, 5.74) is 3.40. The van der Waals surface area contributed by atoms with E-state index in [2.05, 4.69) is 39.8 Å². The Kier molecular flexibility index (Phi) is 7.68. The minimum atomic E-state index is -0.599. The van der Waals surface area contributed by atoms with Crippen molar-refractivity contribution in [3.05, 3.63) is 65.7 Å². The van der Waals surface area contributed by atoms with Gasteiger partial charge in [-0.3, -0.25) is 9.59 Å². The van der Waals surface area contributed by atoms with Crippen molar-refractivity contribution >= 4 is 17.5 Å². The molecule has 1 aliphatic rings. The number of nitrogens with zero attached hydrogens (tertiary/aromatic N) is 1. The lowest BCUT2D eigenvalue weighted by molar-refractivity contribution is -0.139. The molecule has 1 unspecified atom stereocenters. The van der Waals surface area contributed by atoms with E-state index in [4.69, 9.17) is 0 Å². The van der Waals surface area contributed by atoms with Gasteiger partial charge in [0.05, 0.1) is 6.04 Å². The van der Waals surface area contributed by atoms with Crippen LogP contribution in [-0.4, -0.2) is 31.4 Å². The van der Waals surface area contributed by atoms with Crippen molar-refractivity contribution in [3.8, 4) is 0 Å². The lowest BCUT2D eigenvalue weighted by Gasteiger charge is -2.22. The van der Waals surface area contributed by atoms with Crippen molar-refractivity contribution in [1.29, 1.82) is 0 Å². The van der Waals surface area contributed by atoms with Crippen molar-refractivity contribution < 1.29 is 9.59 Å². The summed E-state index contributed by atoms with van der Waals surface area (Å²) in [7, 11) is 0. The Hall–Kier alpha value is -2.82. The number of carbonyl (C=O) groups excluding carboxylic acids is 2. The van der Waals surface area contributed by atoms with Crippen LogP contribution >= 0.6 is 0 Å². The smallest absolute Gasteiger partial charge is 0.309 e. The van der Waals surface area contributed by atoms with Gasteiger partial charge in [-0.2, -0.15) is 0 Å². The van der Waals surface area contributed by atoms with Gasteiger partial charge < -0.3 is 15.5 Å². The number of carbonyl (C=O) groups is 2. The van der Waals surface area contributed by atoms with E-state index in [0.29, 0.717) is 13.0 Å². The molecular weight excluding hydrogens is 362 g/mol. The Bertz CT molecular complexity index is 782. The molecule has 2 aromatic rings. The van der Waals surface area contributed by atoms with Gasteiger partial charge in [-0.25, -0.2) is 0 Å². The highest BCUT2D eigenvalue weighted by Crippen LogP contribution is 2.20. The molecule has 1 atom stereocenters. The Labute approximate surface area is 173 Å². The largest absolute Gasteiger partial charge is 0.372 e. The summed E-state index contributed by atoms with van der Waals surface area (Å²) in [6.07, 6.45) is 5.88. The monoisotopic (exact) mass is 393 g/mol. The van der Waals surface area contributed by atoms with Crippen molar-refractivity contribution in [2.75, 3.05) is 24.5 Å². The molecular formula is C24H31N3O2. The molecule has 1 aliphatic heterocycles. The van der Waals surface area contributed by atoms with Gasteiger partial charge in [0, 0.05) is 25.3 Å². The first-order valence-electron chi connectivity index (χ1n) is 10.6. The van der Waals surface area contributed by atoms with Gasteiger partial charge in [0.1, 0.15) is 0 Å². The number of nitrogens with one attached hydrogen (secondary N) is 2. The van der Waals surface area contributed by atoms with Crippen LogP contribution in [-0.2, 0) is 16.0 Å². The van der Waals surface area contributed by atoms with Gasteiger partial charge in [-0.1, -0.05) is 55.3 Å². The zero-order chi connectivity index (χ0) is 20.5. The number of hydrogen-bond donors (Lipinski definition) is 2. The zero-order valence-corrected chi connectivity index (χ0v) is 17.2. The average molecular weight is 394 g/mol.